The third-order valence-corrected chi connectivity index (χ3v) is 2.64. The summed E-state index contributed by atoms with van der Waals surface area (Å²) in [7, 11) is 0. The van der Waals surface area contributed by atoms with E-state index in [2.05, 4.69) is 31.3 Å². The van der Waals surface area contributed by atoms with Crippen molar-refractivity contribution in [2.45, 2.75) is 19.4 Å². The molecule has 0 bridgehead atoms. The van der Waals surface area contributed by atoms with Crippen LogP contribution in [0.3, 0.4) is 0 Å². The number of carboxylic acid groups (broad SMARTS) is 1. The molecule has 1 atom stereocenters. The third kappa shape index (κ3) is 4.27. The summed E-state index contributed by atoms with van der Waals surface area (Å²) in [6, 6.07) is 5.78. The van der Waals surface area contributed by atoms with Gasteiger partial charge in [-0.1, -0.05) is 17.3 Å². The lowest BCUT2D eigenvalue weighted by Crippen LogP contribution is -2.31. The summed E-state index contributed by atoms with van der Waals surface area (Å²) in [5.74, 6) is -0.563. The molecule has 2 amide bonds. The first kappa shape index (κ1) is 14.4. The van der Waals surface area contributed by atoms with Gasteiger partial charge in [0.15, 0.2) is 5.82 Å². The zero-order valence-electron chi connectivity index (χ0n) is 11.2. The molecule has 9 heteroatoms. The topological polar surface area (TPSA) is 133 Å². The molecule has 110 valence electrons. The number of aromatic nitrogens is 4. The van der Waals surface area contributed by atoms with Crippen LogP contribution in [0.4, 0.5) is 10.5 Å². The first-order chi connectivity index (χ1) is 10.0. The number of aliphatic carboxylic acids is 1. The SMILES string of the molecule is CC(NC(=O)Nc1cccc(CC(=O)O)c1)c1nn[nH]n1. The Balaban J connectivity index is 1.94. The number of benzene rings is 1. The van der Waals surface area contributed by atoms with Gasteiger partial charge in [0.1, 0.15) is 0 Å². The number of hydrogen-bond donors (Lipinski definition) is 4. The predicted molar refractivity (Wildman–Crippen MR) is 72.5 cm³/mol. The maximum absolute atomic E-state index is 11.8. The van der Waals surface area contributed by atoms with Gasteiger partial charge >= 0.3 is 12.0 Å². The maximum Gasteiger partial charge on any atom is 0.319 e. The monoisotopic (exact) mass is 290 g/mol. The number of carbonyl (C=O) groups is 2. The average Bonchev–Trinajstić information content (AvgIpc) is 2.91. The number of amides is 2. The van der Waals surface area contributed by atoms with Gasteiger partial charge in [-0.3, -0.25) is 4.79 Å². The zero-order valence-corrected chi connectivity index (χ0v) is 11.2. The minimum Gasteiger partial charge on any atom is -0.481 e. The van der Waals surface area contributed by atoms with Crippen LogP contribution >= 0.6 is 0 Å². The number of carbonyl (C=O) groups excluding carboxylic acids is 1. The van der Waals surface area contributed by atoms with Crippen molar-refractivity contribution < 1.29 is 14.7 Å². The molecule has 0 aliphatic heterocycles. The van der Waals surface area contributed by atoms with E-state index in [0.29, 0.717) is 17.1 Å². The lowest BCUT2D eigenvalue weighted by Gasteiger charge is -2.11. The summed E-state index contributed by atoms with van der Waals surface area (Å²) in [6.45, 7) is 1.71. The number of rotatable bonds is 5. The van der Waals surface area contributed by atoms with Crippen molar-refractivity contribution in [2.75, 3.05) is 5.32 Å². The molecule has 9 nitrogen and oxygen atoms in total. The minimum absolute atomic E-state index is 0.101. The molecule has 4 N–H and O–H groups in total. The van der Waals surface area contributed by atoms with Crippen LogP contribution in [0.5, 0.6) is 0 Å². The summed E-state index contributed by atoms with van der Waals surface area (Å²) in [5.41, 5.74) is 1.11. The van der Waals surface area contributed by atoms with Gasteiger partial charge < -0.3 is 15.7 Å². The number of H-pyrrole nitrogens is 1. The molecule has 0 aliphatic carbocycles. The van der Waals surface area contributed by atoms with Crippen molar-refractivity contribution in [2.24, 2.45) is 0 Å². The van der Waals surface area contributed by atoms with Crippen molar-refractivity contribution in [3.63, 3.8) is 0 Å². The number of anilines is 1. The molecular weight excluding hydrogens is 276 g/mol. The molecule has 1 aromatic heterocycles. The number of tetrazole rings is 1. The highest BCUT2D eigenvalue weighted by molar-refractivity contribution is 5.89. The second kappa shape index (κ2) is 6.46. The lowest BCUT2D eigenvalue weighted by molar-refractivity contribution is -0.136. The largest absolute Gasteiger partial charge is 0.481 e. The molecule has 0 saturated heterocycles. The second-order valence-corrected chi connectivity index (χ2v) is 4.36. The van der Waals surface area contributed by atoms with Crippen LogP contribution in [-0.4, -0.2) is 37.7 Å². The molecule has 21 heavy (non-hydrogen) atoms. The van der Waals surface area contributed by atoms with Crippen LogP contribution in [0.1, 0.15) is 24.4 Å². The fraction of sp³-hybridized carbons (Fsp3) is 0.250. The van der Waals surface area contributed by atoms with E-state index in [9.17, 15) is 9.59 Å². The Bertz CT molecular complexity index is 628. The molecule has 0 saturated carbocycles. The highest BCUT2D eigenvalue weighted by Gasteiger charge is 2.13. The van der Waals surface area contributed by atoms with E-state index in [-0.39, 0.29) is 6.42 Å². The maximum atomic E-state index is 11.8. The normalized spacial score (nSPS) is 11.7. The molecule has 0 spiro atoms. The Labute approximate surface area is 119 Å². The molecule has 0 radical (unpaired) electrons. The summed E-state index contributed by atoms with van der Waals surface area (Å²) < 4.78 is 0. The number of urea groups is 1. The van der Waals surface area contributed by atoms with Crippen molar-refractivity contribution >= 4 is 17.7 Å². The highest BCUT2D eigenvalue weighted by Crippen LogP contribution is 2.12. The van der Waals surface area contributed by atoms with Crippen LogP contribution in [0.15, 0.2) is 24.3 Å². The molecule has 1 unspecified atom stereocenters. The van der Waals surface area contributed by atoms with Crippen molar-refractivity contribution in [3.05, 3.63) is 35.7 Å². The van der Waals surface area contributed by atoms with Crippen molar-refractivity contribution in [3.8, 4) is 0 Å². The number of nitrogens with one attached hydrogen (secondary N) is 3. The number of nitrogens with zero attached hydrogens (tertiary/aromatic N) is 3. The molecule has 1 aromatic carbocycles. The minimum atomic E-state index is -0.928. The summed E-state index contributed by atoms with van der Waals surface area (Å²) in [6.07, 6.45) is -0.101. The smallest absolute Gasteiger partial charge is 0.319 e. The van der Waals surface area contributed by atoms with Gasteiger partial charge in [-0.2, -0.15) is 5.21 Å². The molecule has 2 aromatic rings. The van der Waals surface area contributed by atoms with Gasteiger partial charge in [-0.05, 0) is 24.6 Å². The summed E-state index contributed by atoms with van der Waals surface area (Å²) in [4.78, 5) is 22.5. The lowest BCUT2D eigenvalue weighted by atomic mass is 10.1. The van der Waals surface area contributed by atoms with Crippen LogP contribution < -0.4 is 10.6 Å². The van der Waals surface area contributed by atoms with Crippen LogP contribution in [0.2, 0.25) is 0 Å². The summed E-state index contributed by atoms with van der Waals surface area (Å²) in [5, 5.41) is 27.2. The number of aromatic amines is 1. The fourth-order valence-corrected chi connectivity index (χ4v) is 1.72. The highest BCUT2D eigenvalue weighted by atomic mass is 16.4. The van der Waals surface area contributed by atoms with Gasteiger partial charge in [-0.25, -0.2) is 4.79 Å². The van der Waals surface area contributed by atoms with Crippen molar-refractivity contribution in [1.82, 2.24) is 25.9 Å². The van der Waals surface area contributed by atoms with Gasteiger partial charge in [0.2, 0.25) is 0 Å². The Hall–Kier alpha value is -2.97. The molecule has 1 heterocycles. The Kier molecular flexibility index (Phi) is 4.44. The fourth-order valence-electron chi connectivity index (χ4n) is 1.72. The first-order valence-corrected chi connectivity index (χ1v) is 6.16. The second-order valence-electron chi connectivity index (χ2n) is 4.36. The average molecular weight is 290 g/mol. The number of carboxylic acids is 1. The Morgan fingerprint density at radius 3 is 2.90 bits per heavy atom. The molecular formula is C12H14N6O3. The van der Waals surface area contributed by atoms with Gasteiger partial charge in [0.25, 0.3) is 0 Å². The van der Waals surface area contributed by atoms with Gasteiger partial charge in [0.05, 0.1) is 12.5 Å². The predicted octanol–water partition coefficient (Wildman–Crippen LogP) is 0.709. The van der Waals surface area contributed by atoms with Crippen molar-refractivity contribution in [1.29, 1.82) is 0 Å². The Morgan fingerprint density at radius 1 is 1.43 bits per heavy atom. The van der Waals surface area contributed by atoms with E-state index in [1.807, 2.05) is 0 Å². The Morgan fingerprint density at radius 2 is 2.24 bits per heavy atom. The van der Waals surface area contributed by atoms with Crippen LogP contribution in [-0.2, 0) is 11.2 Å². The van der Waals surface area contributed by atoms with E-state index in [1.165, 1.54) is 0 Å². The first-order valence-electron chi connectivity index (χ1n) is 6.16. The van der Waals surface area contributed by atoms with E-state index in [4.69, 9.17) is 5.11 Å². The van der Waals surface area contributed by atoms with Gasteiger partial charge in [-0.15, -0.1) is 10.2 Å². The third-order valence-electron chi connectivity index (χ3n) is 2.64. The standard InChI is InChI=1S/C12H14N6O3/c1-7(11-15-17-18-16-11)13-12(21)14-9-4-2-3-8(5-9)6-10(19)20/h2-5,7H,6H2,1H3,(H,19,20)(H2,13,14,21)(H,15,16,17,18). The van der Waals surface area contributed by atoms with Gasteiger partial charge in [0, 0.05) is 5.69 Å². The number of hydrogen-bond acceptors (Lipinski definition) is 5. The van der Waals surface area contributed by atoms with E-state index < -0.39 is 18.0 Å². The molecule has 0 aliphatic rings. The van der Waals surface area contributed by atoms with E-state index >= 15 is 0 Å². The van der Waals surface area contributed by atoms with Crippen LogP contribution in [0, 0.1) is 0 Å². The summed E-state index contributed by atoms with van der Waals surface area (Å²) >= 11 is 0. The van der Waals surface area contributed by atoms with E-state index in [1.54, 1.807) is 31.2 Å². The quantitative estimate of drug-likeness (QED) is 0.641. The van der Waals surface area contributed by atoms with Crippen LogP contribution in [0.25, 0.3) is 0 Å². The van der Waals surface area contributed by atoms with E-state index in [0.717, 1.165) is 0 Å². The molecule has 2 rings (SSSR count). The molecule has 0 fully saturated rings. The zero-order chi connectivity index (χ0) is 15.2.